The van der Waals surface area contributed by atoms with Crippen molar-refractivity contribution in [3.05, 3.63) is 71.0 Å². The molecule has 0 bridgehead atoms. The average Bonchev–Trinajstić information content (AvgIpc) is 2.50. The zero-order valence-corrected chi connectivity index (χ0v) is 12.0. The van der Waals surface area contributed by atoms with E-state index in [0.29, 0.717) is 18.5 Å². The summed E-state index contributed by atoms with van der Waals surface area (Å²) in [5.41, 5.74) is 7.30. The van der Waals surface area contributed by atoms with Crippen LogP contribution in [0.25, 0.3) is 0 Å². The highest BCUT2D eigenvalue weighted by atomic mass is 19.1. The van der Waals surface area contributed by atoms with Crippen LogP contribution in [-0.2, 0) is 6.42 Å². The number of amides is 1. The van der Waals surface area contributed by atoms with Crippen molar-refractivity contribution in [1.29, 1.82) is 0 Å². The van der Waals surface area contributed by atoms with Gasteiger partial charge < -0.3 is 11.1 Å². The van der Waals surface area contributed by atoms with Gasteiger partial charge in [-0.15, -0.1) is 0 Å². The number of nitrogens with one attached hydrogen (secondary N) is 1. The van der Waals surface area contributed by atoms with Gasteiger partial charge in [0.25, 0.3) is 5.91 Å². The maximum atomic E-state index is 13.9. The topological polar surface area (TPSA) is 55.1 Å². The normalized spacial score (nSPS) is 12.0. The van der Waals surface area contributed by atoms with Crippen LogP contribution in [0.3, 0.4) is 0 Å². The van der Waals surface area contributed by atoms with E-state index in [0.717, 1.165) is 5.56 Å². The summed E-state index contributed by atoms with van der Waals surface area (Å²) in [6.07, 6.45) is 0.622. The number of aryl methyl sites for hydroxylation is 1. The second kappa shape index (κ2) is 6.99. The Bertz CT molecular complexity index is 613. The molecule has 3 N–H and O–H groups in total. The van der Waals surface area contributed by atoms with Gasteiger partial charge in [-0.25, -0.2) is 4.39 Å². The Morgan fingerprint density at radius 3 is 2.57 bits per heavy atom. The first-order chi connectivity index (χ1) is 10.1. The lowest BCUT2D eigenvalue weighted by molar-refractivity contribution is 0.0934. The Labute approximate surface area is 124 Å². The standard InChI is InChI=1S/C17H19FN2O/c1-12-6-5-9-15(16(12)18)17(21)20-14(11-19)10-13-7-3-2-4-8-13/h2-9,14H,10-11,19H2,1H3,(H,20,21). The molecule has 0 aliphatic carbocycles. The van der Waals surface area contributed by atoms with Crippen LogP contribution in [0.2, 0.25) is 0 Å². The van der Waals surface area contributed by atoms with E-state index in [4.69, 9.17) is 5.73 Å². The maximum absolute atomic E-state index is 13.9. The molecule has 2 rings (SSSR count). The molecule has 2 aromatic carbocycles. The third kappa shape index (κ3) is 3.89. The molecule has 1 unspecified atom stereocenters. The first-order valence-electron chi connectivity index (χ1n) is 6.91. The Morgan fingerprint density at radius 1 is 1.19 bits per heavy atom. The van der Waals surface area contributed by atoms with Crippen molar-refractivity contribution in [2.45, 2.75) is 19.4 Å². The number of carbonyl (C=O) groups excluding carboxylic acids is 1. The zero-order valence-electron chi connectivity index (χ0n) is 12.0. The second-order valence-corrected chi connectivity index (χ2v) is 5.03. The lowest BCUT2D eigenvalue weighted by atomic mass is 10.0. The van der Waals surface area contributed by atoms with Crippen LogP contribution in [0.4, 0.5) is 4.39 Å². The zero-order chi connectivity index (χ0) is 15.2. The molecule has 3 nitrogen and oxygen atoms in total. The van der Waals surface area contributed by atoms with Crippen LogP contribution in [-0.4, -0.2) is 18.5 Å². The Balaban J connectivity index is 2.08. The van der Waals surface area contributed by atoms with Crippen LogP contribution >= 0.6 is 0 Å². The molecule has 1 amide bonds. The lowest BCUT2D eigenvalue weighted by Gasteiger charge is -2.17. The molecule has 0 aliphatic rings. The van der Waals surface area contributed by atoms with Gasteiger partial charge in [-0.3, -0.25) is 4.79 Å². The van der Waals surface area contributed by atoms with Crippen LogP contribution in [0.15, 0.2) is 48.5 Å². The predicted molar refractivity (Wildman–Crippen MR) is 81.6 cm³/mol. The van der Waals surface area contributed by atoms with Crippen LogP contribution < -0.4 is 11.1 Å². The first-order valence-corrected chi connectivity index (χ1v) is 6.91. The quantitative estimate of drug-likeness (QED) is 0.887. The highest BCUT2D eigenvalue weighted by Crippen LogP contribution is 2.12. The second-order valence-electron chi connectivity index (χ2n) is 5.03. The molecule has 0 saturated carbocycles. The van der Waals surface area contributed by atoms with Gasteiger partial charge in [0.05, 0.1) is 5.56 Å². The number of benzene rings is 2. The fourth-order valence-corrected chi connectivity index (χ4v) is 2.18. The van der Waals surface area contributed by atoms with E-state index in [9.17, 15) is 9.18 Å². The minimum atomic E-state index is -0.481. The molecule has 0 aliphatic heterocycles. The number of halogens is 1. The van der Waals surface area contributed by atoms with E-state index < -0.39 is 11.7 Å². The molecule has 0 radical (unpaired) electrons. The molecular weight excluding hydrogens is 267 g/mol. The largest absolute Gasteiger partial charge is 0.348 e. The van der Waals surface area contributed by atoms with Crippen molar-refractivity contribution < 1.29 is 9.18 Å². The highest BCUT2D eigenvalue weighted by Gasteiger charge is 2.17. The van der Waals surface area contributed by atoms with Crippen molar-refractivity contribution in [3.63, 3.8) is 0 Å². The molecular formula is C17H19FN2O. The monoisotopic (exact) mass is 286 g/mol. The van der Waals surface area contributed by atoms with E-state index >= 15 is 0 Å². The van der Waals surface area contributed by atoms with Gasteiger partial charge in [-0.1, -0.05) is 42.5 Å². The Kier molecular flexibility index (Phi) is 5.06. The molecule has 110 valence electrons. The molecule has 0 spiro atoms. The minimum absolute atomic E-state index is 0.0570. The average molecular weight is 286 g/mol. The summed E-state index contributed by atoms with van der Waals surface area (Å²) in [6, 6.07) is 14.3. The van der Waals surface area contributed by atoms with Crippen molar-refractivity contribution >= 4 is 5.91 Å². The number of rotatable bonds is 5. The third-order valence-corrected chi connectivity index (χ3v) is 3.38. The number of hydrogen-bond donors (Lipinski definition) is 2. The van der Waals surface area contributed by atoms with Crippen LogP contribution in [0, 0.1) is 12.7 Å². The summed E-state index contributed by atoms with van der Waals surface area (Å²) in [6.45, 7) is 1.94. The van der Waals surface area contributed by atoms with Gasteiger partial charge in [0.1, 0.15) is 5.82 Å². The summed E-state index contributed by atoms with van der Waals surface area (Å²) in [4.78, 5) is 12.2. The number of carbonyl (C=O) groups is 1. The smallest absolute Gasteiger partial charge is 0.254 e. The first kappa shape index (κ1) is 15.2. The van der Waals surface area contributed by atoms with Crippen molar-refractivity contribution in [1.82, 2.24) is 5.32 Å². The van der Waals surface area contributed by atoms with Gasteiger partial charge in [0, 0.05) is 12.6 Å². The SMILES string of the molecule is Cc1cccc(C(=O)NC(CN)Cc2ccccc2)c1F. The van der Waals surface area contributed by atoms with Crippen molar-refractivity contribution in [3.8, 4) is 0 Å². The van der Waals surface area contributed by atoms with Gasteiger partial charge in [-0.2, -0.15) is 0 Å². The number of nitrogens with two attached hydrogens (primary N) is 1. The van der Waals surface area contributed by atoms with E-state index in [1.165, 1.54) is 6.07 Å². The fraction of sp³-hybridized carbons (Fsp3) is 0.235. The summed E-state index contributed by atoms with van der Waals surface area (Å²) >= 11 is 0. The summed E-state index contributed by atoms with van der Waals surface area (Å²) in [5.74, 6) is -0.909. The van der Waals surface area contributed by atoms with Crippen molar-refractivity contribution in [2.24, 2.45) is 5.73 Å². The summed E-state index contributed by atoms with van der Waals surface area (Å²) < 4.78 is 13.9. The molecule has 0 heterocycles. The Morgan fingerprint density at radius 2 is 1.90 bits per heavy atom. The van der Waals surface area contributed by atoms with Gasteiger partial charge in [-0.05, 0) is 30.5 Å². The van der Waals surface area contributed by atoms with Gasteiger partial charge >= 0.3 is 0 Å². The van der Waals surface area contributed by atoms with Gasteiger partial charge in [0.15, 0.2) is 0 Å². The van der Waals surface area contributed by atoms with Crippen molar-refractivity contribution in [2.75, 3.05) is 6.54 Å². The highest BCUT2D eigenvalue weighted by molar-refractivity contribution is 5.94. The van der Waals surface area contributed by atoms with E-state index in [1.54, 1.807) is 19.1 Å². The molecule has 21 heavy (non-hydrogen) atoms. The molecule has 0 aromatic heterocycles. The molecule has 0 fully saturated rings. The molecule has 0 saturated heterocycles. The molecule has 2 aromatic rings. The third-order valence-electron chi connectivity index (χ3n) is 3.38. The summed E-state index contributed by atoms with van der Waals surface area (Å²) in [7, 11) is 0. The number of hydrogen-bond acceptors (Lipinski definition) is 2. The van der Waals surface area contributed by atoms with Gasteiger partial charge in [0.2, 0.25) is 0 Å². The van der Waals surface area contributed by atoms with Crippen LogP contribution in [0.5, 0.6) is 0 Å². The van der Waals surface area contributed by atoms with Crippen LogP contribution in [0.1, 0.15) is 21.5 Å². The minimum Gasteiger partial charge on any atom is -0.348 e. The van der Waals surface area contributed by atoms with E-state index in [-0.39, 0.29) is 11.6 Å². The lowest BCUT2D eigenvalue weighted by Crippen LogP contribution is -2.42. The summed E-state index contributed by atoms with van der Waals surface area (Å²) in [5, 5.41) is 2.80. The molecule has 1 atom stereocenters. The Hall–Kier alpha value is -2.20. The molecule has 4 heteroatoms. The predicted octanol–water partition coefficient (Wildman–Crippen LogP) is 2.43. The van der Waals surface area contributed by atoms with E-state index in [2.05, 4.69) is 5.32 Å². The fourth-order valence-electron chi connectivity index (χ4n) is 2.18. The van der Waals surface area contributed by atoms with E-state index in [1.807, 2.05) is 30.3 Å². The maximum Gasteiger partial charge on any atom is 0.254 e.